The molecule has 3 aromatic rings. The Kier molecular flexibility index (Phi) is 9.04. The third-order valence-electron chi connectivity index (χ3n) is 5.57. The molecule has 3 aromatic carbocycles. The van der Waals surface area contributed by atoms with Crippen molar-refractivity contribution >= 4 is 15.9 Å². The summed E-state index contributed by atoms with van der Waals surface area (Å²) < 4.78 is 125. The Bertz CT molecular complexity index is 1240. The highest BCUT2D eigenvalue weighted by Gasteiger charge is 2.45. The van der Waals surface area contributed by atoms with E-state index in [1.54, 1.807) is 30.3 Å². The molecule has 0 radical (unpaired) electrons. The van der Waals surface area contributed by atoms with Crippen LogP contribution in [0.2, 0.25) is 0 Å². The molecule has 3 nitrogen and oxygen atoms in total. The van der Waals surface area contributed by atoms with Gasteiger partial charge in [-0.15, -0.1) is 0 Å². The van der Waals surface area contributed by atoms with Crippen molar-refractivity contribution < 1.29 is 49.4 Å². The van der Waals surface area contributed by atoms with E-state index in [0.29, 0.717) is 11.6 Å². The molecule has 0 amide bonds. The molecule has 0 aliphatic carbocycles. The third-order valence-corrected chi connectivity index (χ3v) is 6.18. The molecule has 0 saturated carbocycles. The average molecular weight is 616 g/mol. The van der Waals surface area contributed by atoms with Gasteiger partial charge in [-0.05, 0) is 63.3 Å². The lowest BCUT2D eigenvalue weighted by Gasteiger charge is -2.38. The zero-order chi connectivity index (χ0) is 28.3. The van der Waals surface area contributed by atoms with E-state index in [1.807, 2.05) is 0 Å². The van der Waals surface area contributed by atoms with Crippen LogP contribution < -0.4 is 10.1 Å². The fourth-order valence-corrected chi connectivity index (χ4v) is 4.14. The lowest BCUT2D eigenvalue weighted by molar-refractivity contribution is -0.253. The Hall–Kier alpha value is -2.77. The van der Waals surface area contributed by atoms with E-state index in [4.69, 9.17) is 0 Å². The van der Waals surface area contributed by atoms with Crippen molar-refractivity contribution in [3.63, 3.8) is 0 Å². The Morgan fingerprint density at radius 2 is 1.53 bits per heavy atom. The summed E-state index contributed by atoms with van der Waals surface area (Å²) in [5.41, 5.74) is -1.79. The fourth-order valence-electron chi connectivity index (χ4n) is 3.76. The van der Waals surface area contributed by atoms with Crippen molar-refractivity contribution in [1.29, 1.82) is 0 Å². The van der Waals surface area contributed by atoms with Crippen LogP contribution in [-0.2, 0) is 12.0 Å². The molecule has 0 fully saturated rings. The number of aliphatic hydroxyl groups is 1. The first-order chi connectivity index (χ1) is 17.6. The number of benzene rings is 3. The van der Waals surface area contributed by atoms with Gasteiger partial charge in [-0.3, -0.25) is 0 Å². The second kappa shape index (κ2) is 11.5. The maximum absolute atomic E-state index is 14.7. The van der Waals surface area contributed by atoms with E-state index in [2.05, 4.69) is 26.0 Å². The van der Waals surface area contributed by atoms with Gasteiger partial charge in [-0.2, -0.15) is 30.7 Å². The lowest BCUT2D eigenvalue weighted by Crippen LogP contribution is -2.51. The largest absolute Gasteiger partial charge is 0.461 e. The van der Waals surface area contributed by atoms with Crippen LogP contribution in [0.1, 0.15) is 16.7 Å². The lowest BCUT2D eigenvalue weighted by atomic mass is 9.77. The van der Waals surface area contributed by atoms with Crippen molar-refractivity contribution in [2.75, 3.05) is 6.54 Å². The van der Waals surface area contributed by atoms with E-state index in [0.717, 1.165) is 24.3 Å². The molecule has 38 heavy (non-hydrogen) atoms. The van der Waals surface area contributed by atoms with Gasteiger partial charge in [0.15, 0.2) is 6.10 Å². The number of halogens is 10. The van der Waals surface area contributed by atoms with Crippen LogP contribution in [0.4, 0.5) is 39.5 Å². The minimum absolute atomic E-state index is 0.0289. The molecule has 0 aliphatic heterocycles. The fraction of sp³-hybridized carbons (Fsp3) is 0.280. The predicted octanol–water partition coefficient (Wildman–Crippen LogP) is 6.96. The first-order valence-electron chi connectivity index (χ1n) is 10.8. The van der Waals surface area contributed by atoms with Crippen LogP contribution in [0.15, 0.2) is 71.2 Å². The van der Waals surface area contributed by atoms with E-state index in [9.17, 15) is 44.6 Å². The summed E-state index contributed by atoms with van der Waals surface area (Å²) >= 11 is 2.98. The predicted molar refractivity (Wildman–Crippen MR) is 123 cm³/mol. The minimum Gasteiger partial charge on any atom is -0.428 e. The summed E-state index contributed by atoms with van der Waals surface area (Å²) in [6.45, 7) is -1.16. The number of ether oxygens (including phenoxy) is 1. The standard InChI is InChI=1S/C25H19BrF9NO2/c26-19-10-15(6-7-20(19)28)23(12-14-4-2-1-3-5-14,36-13-21(37)24(31,32)33)16-8-17(27)11-18(9-16)38-25(34,35)22(29)30/h1-11,21-22,36-37H,12-13H2/t21?,23-/m1/s1. The molecule has 0 heterocycles. The van der Waals surface area contributed by atoms with Gasteiger partial charge >= 0.3 is 18.7 Å². The second-order valence-corrected chi connectivity index (χ2v) is 9.13. The SMILES string of the molecule is OC(CN[C@@](Cc1ccccc1)(c1cc(F)cc(OC(F)(F)C(F)F)c1)c1ccc(F)c(Br)c1)C(F)(F)F. The zero-order valence-corrected chi connectivity index (χ0v) is 20.6. The van der Waals surface area contributed by atoms with Crippen molar-refractivity contribution in [1.82, 2.24) is 5.32 Å². The van der Waals surface area contributed by atoms with Gasteiger partial charge in [0.25, 0.3) is 0 Å². The van der Waals surface area contributed by atoms with Crippen molar-refractivity contribution in [2.45, 2.75) is 36.8 Å². The van der Waals surface area contributed by atoms with Gasteiger partial charge in [0, 0.05) is 12.6 Å². The average Bonchev–Trinajstić information content (AvgIpc) is 2.82. The third kappa shape index (κ3) is 7.00. The monoisotopic (exact) mass is 615 g/mol. The van der Waals surface area contributed by atoms with E-state index in [1.165, 1.54) is 6.07 Å². The quantitative estimate of drug-likeness (QED) is 0.242. The summed E-state index contributed by atoms with van der Waals surface area (Å²) in [5, 5.41) is 12.2. The van der Waals surface area contributed by atoms with E-state index < -0.39 is 54.3 Å². The van der Waals surface area contributed by atoms with E-state index >= 15 is 0 Å². The zero-order valence-electron chi connectivity index (χ0n) is 19.1. The molecule has 0 aromatic heterocycles. The first-order valence-corrected chi connectivity index (χ1v) is 11.6. The second-order valence-electron chi connectivity index (χ2n) is 8.28. The van der Waals surface area contributed by atoms with Crippen LogP contribution in [0.5, 0.6) is 5.75 Å². The molecule has 206 valence electrons. The Balaban J connectivity index is 2.27. The number of nitrogens with one attached hydrogen (secondary N) is 1. The first kappa shape index (κ1) is 29.8. The molecule has 13 heteroatoms. The summed E-state index contributed by atoms with van der Waals surface area (Å²) in [6.07, 6.45) is -17.5. The highest BCUT2D eigenvalue weighted by atomic mass is 79.9. The van der Waals surface area contributed by atoms with Crippen molar-refractivity contribution in [3.8, 4) is 5.75 Å². The maximum atomic E-state index is 14.7. The smallest absolute Gasteiger partial charge is 0.428 e. The number of alkyl halides is 7. The van der Waals surface area contributed by atoms with Gasteiger partial charge in [0.2, 0.25) is 0 Å². The molecule has 2 N–H and O–H groups in total. The van der Waals surface area contributed by atoms with Gasteiger partial charge in [0.1, 0.15) is 17.4 Å². The summed E-state index contributed by atoms with van der Waals surface area (Å²) in [6, 6.07) is 13.2. The Morgan fingerprint density at radius 1 is 0.868 bits per heavy atom. The van der Waals surface area contributed by atoms with Crippen molar-refractivity contribution in [3.05, 3.63) is 99.5 Å². The van der Waals surface area contributed by atoms with Gasteiger partial charge in [-0.1, -0.05) is 36.4 Å². The molecule has 2 atom stereocenters. The van der Waals surface area contributed by atoms with Crippen LogP contribution in [-0.4, -0.2) is 36.5 Å². The molecule has 0 spiro atoms. The highest BCUT2D eigenvalue weighted by molar-refractivity contribution is 9.10. The van der Waals surface area contributed by atoms with Gasteiger partial charge in [-0.25, -0.2) is 8.78 Å². The van der Waals surface area contributed by atoms with Gasteiger partial charge in [0.05, 0.1) is 10.0 Å². The van der Waals surface area contributed by atoms with Crippen LogP contribution in [0, 0.1) is 11.6 Å². The van der Waals surface area contributed by atoms with Crippen LogP contribution in [0.3, 0.4) is 0 Å². The number of aliphatic hydroxyl groups excluding tert-OH is 1. The Labute approximate surface area is 219 Å². The molecule has 3 rings (SSSR count). The topological polar surface area (TPSA) is 41.5 Å². The normalized spacial score (nSPS) is 14.8. The molecular weight excluding hydrogens is 597 g/mol. The minimum atomic E-state index is -5.07. The van der Waals surface area contributed by atoms with Crippen LogP contribution in [0.25, 0.3) is 0 Å². The molecule has 0 bridgehead atoms. The summed E-state index contributed by atoms with van der Waals surface area (Å²) in [7, 11) is 0. The molecule has 1 unspecified atom stereocenters. The molecule has 0 aliphatic rings. The highest BCUT2D eigenvalue weighted by Crippen LogP contribution is 2.39. The number of hydrogen-bond donors (Lipinski definition) is 2. The molecular formula is C25H19BrF9NO2. The Morgan fingerprint density at radius 3 is 2.11 bits per heavy atom. The van der Waals surface area contributed by atoms with Crippen molar-refractivity contribution in [2.24, 2.45) is 0 Å². The number of rotatable bonds is 10. The summed E-state index contributed by atoms with van der Waals surface area (Å²) in [4.78, 5) is 0. The maximum Gasteiger partial charge on any atom is 0.461 e. The van der Waals surface area contributed by atoms with Gasteiger partial charge < -0.3 is 15.2 Å². The number of hydrogen-bond acceptors (Lipinski definition) is 3. The van der Waals surface area contributed by atoms with E-state index in [-0.39, 0.29) is 22.0 Å². The summed E-state index contributed by atoms with van der Waals surface area (Å²) in [5.74, 6) is -3.03. The van der Waals surface area contributed by atoms with Crippen LogP contribution >= 0.6 is 15.9 Å². The molecule has 0 saturated heterocycles.